The zero-order valence-electron chi connectivity index (χ0n) is 14.1. The molecule has 138 valence electrons. The van der Waals surface area contributed by atoms with Gasteiger partial charge in [0.1, 0.15) is 0 Å². The van der Waals surface area contributed by atoms with Gasteiger partial charge in [0, 0.05) is 27.3 Å². The first kappa shape index (κ1) is 19.5. The van der Waals surface area contributed by atoms with Crippen LogP contribution in [0.1, 0.15) is 0 Å². The molecular formula is C22H10Br4S2. The monoisotopic (exact) mass is 654 g/mol. The molecule has 6 heteroatoms. The van der Waals surface area contributed by atoms with Crippen LogP contribution >= 0.6 is 86.4 Å². The van der Waals surface area contributed by atoms with Gasteiger partial charge in [-0.15, -0.1) is 22.7 Å². The van der Waals surface area contributed by atoms with E-state index in [1.165, 1.54) is 31.3 Å². The summed E-state index contributed by atoms with van der Waals surface area (Å²) in [5.41, 5.74) is 4.68. The fourth-order valence-electron chi connectivity index (χ4n) is 3.34. The molecule has 0 aliphatic heterocycles. The molecule has 0 fully saturated rings. The second kappa shape index (κ2) is 7.64. The van der Waals surface area contributed by atoms with Gasteiger partial charge in [-0.25, -0.2) is 0 Å². The Hall–Kier alpha value is -0.500. The summed E-state index contributed by atoms with van der Waals surface area (Å²) in [6, 6.07) is 17.6. The van der Waals surface area contributed by atoms with Gasteiger partial charge in [0.25, 0.3) is 0 Å². The maximum absolute atomic E-state index is 3.82. The van der Waals surface area contributed by atoms with E-state index < -0.39 is 0 Å². The molecule has 2 aromatic heterocycles. The van der Waals surface area contributed by atoms with Crippen molar-refractivity contribution in [2.75, 3.05) is 0 Å². The van der Waals surface area contributed by atoms with E-state index in [1.54, 1.807) is 22.7 Å². The van der Waals surface area contributed by atoms with Crippen LogP contribution < -0.4 is 0 Å². The van der Waals surface area contributed by atoms with Gasteiger partial charge in [-0.3, -0.25) is 0 Å². The number of hydrogen-bond acceptors (Lipinski definition) is 2. The normalized spacial score (nSPS) is 11.6. The minimum atomic E-state index is 1.07. The van der Waals surface area contributed by atoms with Crippen molar-refractivity contribution in [2.45, 2.75) is 0 Å². The third-order valence-corrected chi connectivity index (χ3v) is 9.10. The minimum absolute atomic E-state index is 1.07. The first-order valence-electron chi connectivity index (χ1n) is 8.34. The average Bonchev–Trinajstić information content (AvgIpc) is 3.30. The van der Waals surface area contributed by atoms with Crippen molar-refractivity contribution < 1.29 is 0 Å². The Balaban J connectivity index is 1.69. The van der Waals surface area contributed by atoms with Gasteiger partial charge >= 0.3 is 0 Å². The highest BCUT2D eigenvalue weighted by Gasteiger charge is 2.16. The predicted octanol–water partition coefficient (Wildman–Crippen LogP) is 10.5. The number of fused-ring (bicyclic) bond motifs is 2. The molecule has 0 bridgehead atoms. The summed E-state index contributed by atoms with van der Waals surface area (Å²) in [4.78, 5) is 0. The smallest absolute Gasteiger partial charge is 0.0349 e. The molecular weight excluding hydrogens is 648 g/mol. The second-order valence-electron chi connectivity index (χ2n) is 6.39. The molecule has 0 spiro atoms. The third-order valence-electron chi connectivity index (χ3n) is 4.72. The topological polar surface area (TPSA) is 0 Å². The predicted molar refractivity (Wildman–Crippen MR) is 139 cm³/mol. The second-order valence-corrected chi connectivity index (χ2v) is 11.7. The lowest BCUT2D eigenvalue weighted by Gasteiger charge is -2.14. The molecule has 0 N–H and O–H groups in total. The Morgan fingerprint density at radius 3 is 1.25 bits per heavy atom. The number of hydrogen-bond donors (Lipinski definition) is 0. The van der Waals surface area contributed by atoms with Crippen LogP contribution in [-0.4, -0.2) is 0 Å². The summed E-state index contributed by atoms with van der Waals surface area (Å²) in [5.74, 6) is 0. The molecule has 5 aromatic rings. The van der Waals surface area contributed by atoms with Crippen LogP contribution in [-0.2, 0) is 0 Å². The molecule has 0 amide bonds. The molecule has 5 rings (SSSR count). The molecule has 3 aromatic carbocycles. The Kier molecular flexibility index (Phi) is 5.31. The Labute approximate surface area is 204 Å². The van der Waals surface area contributed by atoms with E-state index in [2.05, 4.69) is 123 Å². The van der Waals surface area contributed by atoms with Crippen molar-refractivity contribution in [1.82, 2.24) is 0 Å². The van der Waals surface area contributed by atoms with Crippen molar-refractivity contribution in [3.05, 3.63) is 77.2 Å². The SMILES string of the molecule is Brc1cc(-c2cc3sccc3cc2Br)c(Br)cc1-c1cc2sccc2cc1Br. The maximum Gasteiger partial charge on any atom is 0.0349 e. The van der Waals surface area contributed by atoms with Gasteiger partial charge in [0.15, 0.2) is 0 Å². The summed E-state index contributed by atoms with van der Waals surface area (Å²) >= 11 is 18.7. The number of rotatable bonds is 2. The van der Waals surface area contributed by atoms with E-state index in [0.29, 0.717) is 0 Å². The standard InChI is InChI=1S/C22H10Br4S2/c23-17-5-11-1-3-27-21(11)9-15(17)13-7-20(26)14(8-19(13)25)16-10-22-12(2-4-28-22)6-18(16)24/h1-10H. The molecule has 0 saturated heterocycles. The molecule has 0 atom stereocenters. The highest BCUT2D eigenvalue weighted by Crippen LogP contribution is 2.44. The Bertz CT molecular complexity index is 1260. The van der Waals surface area contributed by atoms with Crippen LogP contribution in [0.2, 0.25) is 0 Å². The summed E-state index contributed by atoms with van der Waals surface area (Å²) in [6.07, 6.45) is 0. The third kappa shape index (κ3) is 3.36. The number of benzene rings is 3. The van der Waals surface area contributed by atoms with Crippen LogP contribution in [0.3, 0.4) is 0 Å². The lowest BCUT2D eigenvalue weighted by Crippen LogP contribution is -1.88. The molecule has 0 aliphatic rings. The quantitative estimate of drug-likeness (QED) is 0.177. The molecule has 0 nitrogen and oxygen atoms in total. The lowest BCUT2D eigenvalue weighted by atomic mass is 9.99. The Morgan fingerprint density at radius 2 is 0.821 bits per heavy atom. The van der Waals surface area contributed by atoms with Crippen LogP contribution in [0, 0.1) is 0 Å². The van der Waals surface area contributed by atoms with Gasteiger partial charge in [0.05, 0.1) is 0 Å². The zero-order chi connectivity index (χ0) is 19.4. The largest absolute Gasteiger partial charge is 0.144 e. The van der Waals surface area contributed by atoms with E-state index in [9.17, 15) is 0 Å². The summed E-state index contributed by atoms with van der Waals surface area (Å²) in [5, 5.41) is 6.79. The van der Waals surface area contributed by atoms with E-state index in [4.69, 9.17) is 0 Å². The summed E-state index contributed by atoms with van der Waals surface area (Å²) < 4.78 is 6.91. The fraction of sp³-hybridized carbons (Fsp3) is 0. The van der Waals surface area contributed by atoms with Gasteiger partial charge in [-0.2, -0.15) is 0 Å². The van der Waals surface area contributed by atoms with Gasteiger partial charge in [-0.05, 0) is 92.3 Å². The number of halogens is 4. The summed E-state index contributed by atoms with van der Waals surface area (Å²) in [7, 11) is 0. The maximum atomic E-state index is 3.82. The first-order chi connectivity index (χ1) is 13.5. The van der Waals surface area contributed by atoms with Crippen LogP contribution in [0.5, 0.6) is 0 Å². The van der Waals surface area contributed by atoms with Gasteiger partial charge < -0.3 is 0 Å². The van der Waals surface area contributed by atoms with Crippen molar-refractivity contribution >= 4 is 107 Å². The molecule has 0 radical (unpaired) electrons. The van der Waals surface area contributed by atoms with Crippen molar-refractivity contribution in [3.63, 3.8) is 0 Å². The molecule has 0 aliphatic carbocycles. The van der Waals surface area contributed by atoms with E-state index >= 15 is 0 Å². The average molecular weight is 658 g/mol. The Morgan fingerprint density at radius 1 is 0.464 bits per heavy atom. The summed E-state index contributed by atoms with van der Waals surface area (Å²) in [6.45, 7) is 0. The van der Waals surface area contributed by atoms with Crippen molar-refractivity contribution in [3.8, 4) is 22.3 Å². The first-order valence-corrected chi connectivity index (χ1v) is 13.3. The molecule has 0 unspecified atom stereocenters. The highest BCUT2D eigenvalue weighted by atomic mass is 79.9. The number of thiophene rings is 2. The van der Waals surface area contributed by atoms with Gasteiger partial charge in [-0.1, -0.05) is 63.7 Å². The van der Waals surface area contributed by atoms with Crippen molar-refractivity contribution in [1.29, 1.82) is 0 Å². The van der Waals surface area contributed by atoms with E-state index in [0.717, 1.165) is 29.0 Å². The zero-order valence-corrected chi connectivity index (χ0v) is 22.1. The van der Waals surface area contributed by atoms with Crippen LogP contribution in [0.25, 0.3) is 42.4 Å². The lowest BCUT2D eigenvalue weighted by molar-refractivity contribution is 1.53. The highest BCUT2D eigenvalue weighted by molar-refractivity contribution is 9.11. The van der Waals surface area contributed by atoms with Crippen LogP contribution in [0.15, 0.2) is 77.2 Å². The van der Waals surface area contributed by atoms with Crippen LogP contribution in [0.4, 0.5) is 0 Å². The molecule has 0 saturated carbocycles. The van der Waals surface area contributed by atoms with E-state index in [1.807, 2.05) is 0 Å². The minimum Gasteiger partial charge on any atom is -0.144 e. The van der Waals surface area contributed by atoms with Crippen molar-refractivity contribution in [2.24, 2.45) is 0 Å². The van der Waals surface area contributed by atoms with E-state index in [-0.39, 0.29) is 0 Å². The fourth-order valence-corrected chi connectivity index (χ4v) is 7.22. The van der Waals surface area contributed by atoms with Gasteiger partial charge in [0.2, 0.25) is 0 Å². The molecule has 28 heavy (non-hydrogen) atoms. The molecule has 2 heterocycles.